The zero-order valence-corrected chi connectivity index (χ0v) is 12.3. The standard InChI is InChI=1S/C16H14F3NO3/c1-8-2-5-11(14(20-8)16(17,18)19)15(22)23-13-7-12(21)9-3-4-10(13)6-9/h2,5,7,9-10H,3-4,6H2,1H3. The zero-order valence-electron chi connectivity index (χ0n) is 12.3. The molecular formula is C16H14F3NO3. The molecule has 1 saturated carbocycles. The summed E-state index contributed by atoms with van der Waals surface area (Å²) in [6.45, 7) is 1.41. The Morgan fingerprint density at radius 2 is 1.96 bits per heavy atom. The van der Waals surface area contributed by atoms with Crippen molar-refractivity contribution in [3.05, 3.63) is 40.9 Å². The van der Waals surface area contributed by atoms with Gasteiger partial charge in [0.25, 0.3) is 0 Å². The van der Waals surface area contributed by atoms with Gasteiger partial charge in [-0.05, 0) is 38.3 Å². The van der Waals surface area contributed by atoms with Gasteiger partial charge in [-0.15, -0.1) is 0 Å². The summed E-state index contributed by atoms with van der Waals surface area (Å²) in [4.78, 5) is 27.4. The van der Waals surface area contributed by atoms with Gasteiger partial charge >= 0.3 is 12.1 Å². The molecule has 0 radical (unpaired) electrons. The maximum Gasteiger partial charge on any atom is 0.434 e. The molecule has 3 rings (SSSR count). The van der Waals surface area contributed by atoms with E-state index in [4.69, 9.17) is 4.74 Å². The van der Waals surface area contributed by atoms with E-state index in [2.05, 4.69) is 4.98 Å². The van der Waals surface area contributed by atoms with E-state index in [9.17, 15) is 22.8 Å². The molecule has 0 spiro atoms. The molecule has 7 heteroatoms. The first kappa shape index (κ1) is 15.7. The predicted octanol–water partition coefficient (Wildman–Crippen LogP) is 3.45. The lowest BCUT2D eigenvalue weighted by Crippen LogP contribution is -2.21. The van der Waals surface area contributed by atoms with Crippen molar-refractivity contribution in [2.75, 3.05) is 0 Å². The van der Waals surface area contributed by atoms with E-state index in [1.165, 1.54) is 19.1 Å². The van der Waals surface area contributed by atoms with Gasteiger partial charge in [0.15, 0.2) is 11.5 Å². The summed E-state index contributed by atoms with van der Waals surface area (Å²) in [5.41, 5.74) is -1.76. The zero-order chi connectivity index (χ0) is 16.8. The molecule has 0 N–H and O–H groups in total. The number of esters is 1. The number of alkyl halides is 3. The summed E-state index contributed by atoms with van der Waals surface area (Å²) in [6, 6.07) is 2.37. The number of hydrogen-bond donors (Lipinski definition) is 0. The Balaban J connectivity index is 1.89. The van der Waals surface area contributed by atoms with Crippen LogP contribution in [0.15, 0.2) is 24.0 Å². The van der Waals surface area contributed by atoms with E-state index in [1.54, 1.807) is 0 Å². The first-order valence-electron chi connectivity index (χ1n) is 7.28. The number of ether oxygens (including phenoxy) is 1. The number of ketones is 1. The fourth-order valence-corrected chi connectivity index (χ4v) is 3.09. The third-order valence-corrected chi connectivity index (χ3v) is 4.26. The van der Waals surface area contributed by atoms with Crippen molar-refractivity contribution in [2.45, 2.75) is 32.4 Å². The number of hydrogen-bond acceptors (Lipinski definition) is 4. The van der Waals surface area contributed by atoms with Gasteiger partial charge in [0, 0.05) is 23.6 Å². The number of nitrogens with zero attached hydrogens (tertiary/aromatic N) is 1. The number of pyridine rings is 1. The monoisotopic (exact) mass is 325 g/mol. The van der Waals surface area contributed by atoms with Gasteiger partial charge in [0.1, 0.15) is 5.76 Å². The van der Waals surface area contributed by atoms with Crippen LogP contribution in [0.4, 0.5) is 13.2 Å². The summed E-state index contributed by atoms with van der Waals surface area (Å²) in [6.07, 6.45) is -1.49. The number of carbonyl (C=O) groups excluding carboxylic acids is 2. The van der Waals surface area contributed by atoms with Crippen LogP contribution < -0.4 is 0 Å². The molecule has 0 aliphatic heterocycles. The molecule has 0 saturated heterocycles. The minimum atomic E-state index is -4.75. The van der Waals surface area contributed by atoms with Gasteiger partial charge in [-0.2, -0.15) is 13.2 Å². The van der Waals surface area contributed by atoms with Crippen molar-refractivity contribution in [1.29, 1.82) is 0 Å². The molecule has 2 unspecified atom stereocenters. The molecule has 1 fully saturated rings. The minimum absolute atomic E-state index is 0.0470. The van der Waals surface area contributed by atoms with Crippen LogP contribution in [0, 0.1) is 18.8 Å². The number of allylic oxidation sites excluding steroid dienone is 2. The van der Waals surface area contributed by atoms with Gasteiger partial charge in [0.05, 0.1) is 5.56 Å². The van der Waals surface area contributed by atoms with E-state index in [-0.39, 0.29) is 29.1 Å². The topological polar surface area (TPSA) is 56.3 Å². The van der Waals surface area contributed by atoms with Crippen molar-refractivity contribution in [3.63, 3.8) is 0 Å². The Hall–Kier alpha value is -2.18. The summed E-state index contributed by atoms with van der Waals surface area (Å²) >= 11 is 0. The van der Waals surface area contributed by atoms with Gasteiger partial charge in [-0.3, -0.25) is 4.79 Å². The van der Waals surface area contributed by atoms with Crippen LogP contribution in [0.2, 0.25) is 0 Å². The Labute approximate surface area is 130 Å². The van der Waals surface area contributed by atoms with Gasteiger partial charge in [0.2, 0.25) is 0 Å². The van der Waals surface area contributed by atoms with E-state index in [0.717, 1.165) is 12.5 Å². The molecule has 4 nitrogen and oxygen atoms in total. The van der Waals surface area contributed by atoms with Crippen LogP contribution in [0.3, 0.4) is 0 Å². The smallest absolute Gasteiger partial charge is 0.427 e. The summed E-state index contributed by atoms with van der Waals surface area (Å²) in [5.74, 6) is -1.21. The quantitative estimate of drug-likeness (QED) is 0.782. The van der Waals surface area contributed by atoms with Gasteiger partial charge in [-0.25, -0.2) is 9.78 Å². The Kier molecular flexibility index (Phi) is 3.74. The first-order chi connectivity index (χ1) is 10.8. The molecule has 2 aliphatic carbocycles. The number of carbonyl (C=O) groups is 2. The second-order valence-corrected chi connectivity index (χ2v) is 5.89. The molecule has 122 valence electrons. The molecule has 0 aromatic carbocycles. The molecule has 2 aliphatic rings. The lowest BCUT2D eigenvalue weighted by atomic mass is 9.93. The number of fused-ring (bicyclic) bond motifs is 2. The lowest BCUT2D eigenvalue weighted by Gasteiger charge is -2.20. The highest BCUT2D eigenvalue weighted by atomic mass is 19.4. The number of aromatic nitrogens is 1. The molecule has 1 heterocycles. The normalized spacial score (nSPS) is 23.7. The van der Waals surface area contributed by atoms with Crippen LogP contribution >= 0.6 is 0 Å². The highest BCUT2D eigenvalue weighted by molar-refractivity contribution is 5.95. The van der Waals surface area contributed by atoms with Crippen LogP contribution in [0.25, 0.3) is 0 Å². The third kappa shape index (κ3) is 3.00. The summed E-state index contributed by atoms with van der Waals surface area (Å²) in [7, 11) is 0. The second kappa shape index (κ2) is 5.47. The van der Waals surface area contributed by atoms with Crippen LogP contribution in [-0.4, -0.2) is 16.7 Å². The number of halogens is 3. The van der Waals surface area contributed by atoms with Crippen molar-refractivity contribution in [2.24, 2.45) is 11.8 Å². The van der Waals surface area contributed by atoms with Crippen LogP contribution in [-0.2, 0) is 15.7 Å². The van der Waals surface area contributed by atoms with Crippen LogP contribution in [0.5, 0.6) is 0 Å². The van der Waals surface area contributed by atoms with E-state index in [1.807, 2.05) is 0 Å². The van der Waals surface area contributed by atoms with Crippen molar-refractivity contribution in [3.8, 4) is 0 Å². The molecular weight excluding hydrogens is 311 g/mol. The van der Waals surface area contributed by atoms with E-state index >= 15 is 0 Å². The largest absolute Gasteiger partial charge is 0.434 e. The minimum Gasteiger partial charge on any atom is -0.427 e. The maximum absolute atomic E-state index is 13.0. The molecule has 1 aromatic rings. The molecule has 23 heavy (non-hydrogen) atoms. The third-order valence-electron chi connectivity index (χ3n) is 4.26. The Morgan fingerprint density at radius 3 is 2.65 bits per heavy atom. The molecule has 2 atom stereocenters. The number of rotatable bonds is 2. The molecule has 2 bridgehead atoms. The molecule has 1 aromatic heterocycles. The summed E-state index contributed by atoms with van der Waals surface area (Å²) in [5, 5.41) is 0. The average molecular weight is 325 g/mol. The average Bonchev–Trinajstić information content (AvgIpc) is 2.89. The second-order valence-electron chi connectivity index (χ2n) is 5.89. The Bertz CT molecular complexity index is 709. The van der Waals surface area contributed by atoms with Crippen LogP contribution in [0.1, 0.15) is 41.0 Å². The van der Waals surface area contributed by atoms with Crippen molar-refractivity contribution < 1.29 is 27.5 Å². The highest BCUT2D eigenvalue weighted by Gasteiger charge is 2.40. The summed E-state index contributed by atoms with van der Waals surface area (Å²) < 4.78 is 44.2. The van der Waals surface area contributed by atoms with Gasteiger partial charge < -0.3 is 4.74 Å². The van der Waals surface area contributed by atoms with Crippen molar-refractivity contribution >= 4 is 11.8 Å². The van der Waals surface area contributed by atoms with E-state index in [0.29, 0.717) is 12.8 Å². The van der Waals surface area contributed by atoms with E-state index < -0.39 is 23.4 Å². The lowest BCUT2D eigenvalue weighted by molar-refractivity contribution is -0.141. The number of aryl methyl sites for hydroxylation is 1. The fourth-order valence-electron chi connectivity index (χ4n) is 3.09. The fraction of sp³-hybridized carbons (Fsp3) is 0.438. The SMILES string of the molecule is Cc1ccc(C(=O)OC2=CC(=O)C3CCC2C3)c(C(F)(F)F)n1. The highest BCUT2D eigenvalue weighted by Crippen LogP contribution is 2.41. The predicted molar refractivity (Wildman–Crippen MR) is 73.3 cm³/mol. The molecule has 0 amide bonds. The van der Waals surface area contributed by atoms with Gasteiger partial charge in [-0.1, -0.05) is 0 Å². The maximum atomic E-state index is 13.0. The van der Waals surface area contributed by atoms with Crippen molar-refractivity contribution in [1.82, 2.24) is 4.98 Å². The Morgan fingerprint density at radius 1 is 1.26 bits per heavy atom. The first-order valence-corrected chi connectivity index (χ1v) is 7.28.